The number of hydrogen-bond acceptors (Lipinski definition) is 5. The van der Waals surface area contributed by atoms with Crippen LogP contribution in [0.15, 0.2) is 24.4 Å². The molecule has 1 aliphatic heterocycles. The zero-order valence-corrected chi connectivity index (χ0v) is 11.4. The van der Waals surface area contributed by atoms with E-state index in [2.05, 4.69) is 25.1 Å². The van der Waals surface area contributed by atoms with Gasteiger partial charge < -0.3 is 4.90 Å². The van der Waals surface area contributed by atoms with Crippen molar-refractivity contribution in [2.45, 2.75) is 6.54 Å². The Kier molecular flexibility index (Phi) is 3.60. The zero-order chi connectivity index (χ0) is 13.9. The van der Waals surface area contributed by atoms with Gasteiger partial charge in [0, 0.05) is 46.0 Å². The molecule has 2 aromatic rings. The van der Waals surface area contributed by atoms with Crippen LogP contribution < -0.4 is 4.90 Å². The van der Waals surface area contributed by atoms with Gasteiger partial charge in [-0.3, -0.25) is 9.58 Å². The van der Waals surface area contributed by atoms with E-state index in [4.69, 9.17) is 0 Å². The van der Waals surface area contributed by atoms with E-state index in [0.29, 0.717) is 5.82 Å². The van der Waals surface area contributed by atoms with Gasteiger partial charge in [0.05, 0.1) is 5.69 Å². The predicted molar refractivity (Wildman–Crippen MR) is 72.7 cm³/mol. The fraction of sp³-hybridized carbons (Fsp3) is 0.462. The molecule has 0 amide bonds. The number of halogens is 1. The molecule has 0 spiro atoms. The van der Waals surface area contributed by atoms with Crippen LogP contribution in [-0.4, -0.2) is 51.1 Å². The maximum atomic E-state index is 13.1. The monoisotopic (exact) mass is 276 g/mol. The lowest BCUT2D eigenvalue weighted by Gasteiger charge is -2.34. The van der Waals surface area contributed by atoms with Gasteiger partial charge in [0.25, 0.3) is 0 Å². The minimum Gasteiger partial charge on any atom is -0.354 e. The van der Waals surface area contributed by atoms with Gasteiger partial charge in [0.1, 0.15) is 5.82 Å². The SMILES string of the molecule is Cn1cc(CN2CCN(c3cccc(F)n3)CC2)nn1. The topological polar surface area (TPSA) is 50.1 Å². The molecule has 0 aliphatic carbocycles. The third-order valence-corrected chi connectivity index (χ3v) is 3.43. The van der Waals surface area contributed by atoms with Crippen LogP contribution in [0.3, 0.4) is 0 Å². The highest BCUT2D eigenvalue weighted by molar-refractivity contribution is 5.38. The molecule has 106 valence electrons. The normalized spacial score (nSPS) is 16.6. The van der Waals surface area contributed by atoms with Gasteiger partial charge in [0.15, 0.2) is 0 Å². The average molecular weight is 276 g/mol. The Bertz CT molecular complexity index is 576. The lowest BCUT2D eigenvalue weighted by Crippen LogP contribution is -2.46. The highest BCUT2D eigenvalue weighted by Gasteiger charge is 2.19. The molecule has 3 rings (SSSR count). The number of rotatable bonds is 3. The van der Waals surface area contributed by atoms with Gasteiger partial charge in [0.2, 0.25) is 5.95 Å². The molecule has 0 saturated carbocycles. The molecule has 6 nitrogen and oxygen atoms in total. The van der Waals surface area contributed by atoms with E-state index in [0.717, 1.165) is 38.4 Å². The molecule has 20 heavy (non-hydrogen) atoms. The second kappa shape index (κ2) is 5.54. The first kappa shape index (κ1) is 13.0. The maximum Gasteiger partial charge on any atom is 0.214 e. The largest absolute Gasteiger partial charge is 0.354 e. The lowest BCUT2D eigenvalue weighted by molar-refractivity contribution is 0.246. The summed E-state index contributed by atoms with van der Waals surface area (Å²) in [7, 11) is 1.87. The highest BCUT2D eigenvalue weighted by Crippen LogP contribution is 2.14. The number of piperazine rings is 1. The predicted octanol–water partition coefficient (Wildman–Crippen LogP) is 0.671. The molecule has 2 aromatic heterocycles. The summed E-state index contributed by atoms with van der Waals surface area (Å²) in [6.45, 7) is 4.31. The van der Waals surface area contributed by atoms with Crippen LogP contribution in [0.2, 0.25) is 0 Å². The van der Waals surface area contributed by atoms with Gasteiger partial charge >= 0.3 is 0 Å². The molecule has 1 aliphatic rings. The minimum absolute atomic E-state index is 0.426. The van der Waals surface area contributed by atoms with Crippen LogP contribution in [0.1, 0.15) is 5.69 Å². The van der Waals surface area contributed by atoms with Crippen LogP contribution in [0.5, 0.6) is 0 Å². The number of aryl methyl sites for hydroxylation is 1. The standard InChI is InChI=1S/C13H17FN6/c1-18-9-11(16-17-18)10-19-5-7-20(8-6-19)13-4-2-3-12(14)15-13/h2-4,9H,5-8,10H2,1H3. The maximum absolute atomic E-state index is 13.1. The molecular formula is C13H17FN6. The fourth-order valence-electron chi connectivity index (χ4n) is 2.41. The molecule has 0 radical (unpaired) electrons. The van der Waals surface area contributed by atoms with E-state index in [1.165, 1.54) is 6.07 Å². The first-order chi connectivity index (χ1) is 9.70. The van der Waals surface area contributed by atoms with Crippen LogP contribution in [0, 0.1) is 5.95 Å². The third-order valence-electron chi connectivity index (χ3n) is 3.43. The van der Waals surface area contributed by atoms with E-state index < -0.39 is 5.95 Å². The van der Waals surface area contributed by atoms with Crippen molar-refractivity contribution in [3.63, 3.8) is 0 Å². The molecule has 0 unspecified atom stereocenters. The summed E-state index contributed by atoms with van der Waals surface area (Å²) in [6, 6.07) is 4.92. The number of aromatic nitrogens is 4. The van der Waals surface area contributed by atoms with Crippen molar-refractivity contribution >= 4 is 5.82 Å². The first-order valence-electron chi connectivity index (χ1n) is 6.66. The van der Waals surface area contributed by atoms with Crippen molar-refractivity contribution in [1.82, 2.24) is 24.9 Å². The third kappa shape index (κ3) is 2.93. The number of pyridine rings is 1. The van der Waals surface area contributed by atoms with Crippen molar-refractivity contribution < 1.29 is 4.39 Å². The van der Waals surface area contributed by atoms with Crippen LogP contribution >= 0.6 is 0 Å². The van der Waals surface area contributed by atoms with Gasteiger partial charge in [-0.05, 0) is 12.1 Å². The zero-order valence-electron chi connectivity index (χ0n) is 11.4. The average Bonchev–Trinajstić information content (AvgIpc) is 2.85. The minimum atomic E-state index is -0.426. The van der Waals surface area contributed by atoms with Gasteiger partial charge in [-0.15, -0.1) is 5.10 Å². The summed E-state index contributed by atoms with van der Waals surface area (Å²) in [5.74, 6) is 0.286. The fourth-order valence-corrected chi connectivity index (χ4v) is 2.41. The quantitative estimate of drug-likeness (QED) is 0.771. The van der Waals surface area contributed by atoms with Gasteiger partial charge in [-0.1, -0.05) is 11.3 Å². The van der Waals surface area contributed by atoms with Crippen molar-refractivity contribution in [1.29, 1.82) is 0 Å². The van der Waals surface area contributed by atoms with Gasteiger partial charge in [-0.25, -0.2) is 4.98 Å². The van der Waals surface area contributed by atoms with Gasteiger partial charge in [-0.2, -0.15) is 4.39 Å². The van der Waals surface area contributed by atoms with Crippen molar-refractivity contribution in [2.24, 2.45) is 7.05 Å². The lowest BCUT2D eigenvalue weighted by atomic mass is 10.3. The Morgan fingerprint density at radius 2 is 2.00 bits per heavy atom. The summed E-state index contributed by atoms with van der Waals surface area (Å²) >= 11 is 0. The van der Waals surface area contributed by atoms with E-state index in [-0.39, 0.29) is 0 Å². The summed E-state index contributed by atoms with van der Waals surface area (Å²) in [5.41, 5.74) is 0.977. The second-order valence-corrected chi connectivity index (χ2v) is 4.97. The molecule has 1 fully saturated rings. The Hall–Kier alpha value is -2.02. The molecule has 3 heterocycles. The highest BCUT2D eigenvalue weighted by atomic mass is 19.1. The molecule has 0 atom stereocenters. The molecule has 0 bridgehead atoms. The molecule has 1 saturated heterocycles. The summed E-state index contributed by atoms with van der Waals surface area (Å²) < 4.78 is 14.8. The van der Waals surface area contributed by atoms with E-state index in [9.17, 15) is 4.39 Å². The molecule has 0 N–H and O–H groups in total. The smallest absolute Gasteiger partial charge is 0.214 e. The number of hydrogen-bond donors (Lipinski definition) is 0. The molecular weight excluding hydrogens is 259 g/mol. The molecule has 0 aromatic carbocycles. The summed E-state index contributed by atoms with van der Waals surface area (Å²) in [4.78, 5) is 8.35. The summed E-state index contributed by atoms with van der Waals surface area (Å²) in [5, 5.41) is 8.03. The Morgan fingerprint density at radius 1 is 1.20 bits per heavy atom. The number of nitrogens with zero attached hydrogens (tertiary/aromatic N) is 6. The molecule has 7 heteroatoms. The summed E-state index contributed by atoms with van der Waals surface area (Å²) in [6.07, 6.45) is 1.93. The van der Waals surface area contributed by atoms with Crippen molar-refractivity contribution in [3.8, 4) is 0 Å². The van der Waals surface area contributed by atoms with Crippen LogP contribution in [0.25, 0.3) is 0 Å². The Morgan fingerprint density at radius 3 is 2.65 bits per heavy atom. The Balaban J connectivity index is 1.57. The first-order valence-corrected chi connectivity index (χ1v) is 6.66. The number of anilines is 1. The van der Waals surface area contributed by atoms with E-state index in [1.54, 1.807) is 10.7 Å². The Labute approximate surface area is 116 Å². The van der Waals surface area contributed by atoms with Crippen molar-refractivity contribution in [2.75, 3.05) is 31.1 Å². The van der Waals surface area contributed by atoms with E-state index in [1.807, 2.05) is 19.3 Å². The van der Waals surface area contributed by atoms with Crippen LogP contribution in [-0.2, 0) is 13.6 Å². The van der Waals surface area contributed by atoms with E-state index >= 15 is 0 Å². The van der Waals surface area contributed by atoms with Crippen LogP contribution in [0.4, 0.5) is 10.2 Å². The van der Waals surface area contributed by atoms with Crippen molar-refractivity contribution in [3.05, 3.63) is 36.0 Å². The second-order valence-electron chi connectivity index (χ2n) is 4.97.